The first-order valence-corrected chi connectivity index (χ1v) is 8.64. The molecule has 1 atom stereocenters. The molecule has 0 amide bonds. The number of rotatable bonds is 4. The zero-order valence-electron chi connectivity index (χ0n) is 12.5. The normalized spacial score (nSPS) is 20.5. The highest BCUT2D eigenvalue weighted by Crippen LogP contribution is 2.29. The van der Waals surface area contributed by atoms with Crippen LogP contribution in [0, 0.1) is 19.8 Å². The maximum absolute atomic E-state index is 12.8. The van der Waals surface area contributed by atoms with E-state index in [1.54, 1.807) is 10.4 Å². The number of benzene rings is 1. The predicted octanol–water partition coefficient (Wildman–Crippen LogP) is 2.18. The van der Waals surface area contributed by atoms with Gasteiger partial charge in [0.15, 0.2) is 0 Å². The second-order valence-corrected chi connectivity index (χ2v) is 7.58. The molecule has 0 spiro atoms. The predicted molar refractivity (Wildman–Crippen MR) is 81.0 cm³/mol. The second-order valence-electron chi connectivity index (χ2n) is 5.67. The third kappa shape index (κ3) is 2.75. The highest BCUT2D eigenvalue weighted by Gasteiger charge is 2.32. The molecule has 2 rings (SSSR count). The van der Waals surface area contributed by atoms with Crippen LogP contribution >= 0.6 is 0 Å². The molecule has 1 heterocycles. The molecule has 1 saturated heterocycles. The molecule has 0 aliphatic carbocycles. The van der Waals surface area contributed by atoms with Crippen molar-refractivity contribution in [2.75, 3.05) is 13.1 Å². The van der Waals surface area contributed by atoms with Crippen molar-refractivity contribution in [1.29, 1.82) is 0 Å². The molecule has 1 unspecified atom stereocenters. The number of hydrogen-bond donors (Lipinski definition) is 1. The van der Waals surface area contributed by atoms with Gasteiger partial charge in [-0.05, 0) is 48.9 Å². The second kappa shape index (κ2) is 5.84. The lowest BCUT2D eigenvalue weighted by Gasteiger charge is -2.19. The summed E-state index contributed by atoms with van der Waals surface area (Å²) in [7, 11) is -3.38. The van der Waals surface area contributed by atoms with E-state index >= 15 is 0 Å². The molecule has 0 radical (unpaired) electrons. The number of nitrogens with zero attached hydrogens (tertiary/aromatic N) is 1. The van der Waals surface area contributed by atoms with Gasteiger partial charge in [-0.15, -0.1) is 0 Å². The van der Waals surface area contributed by atoms with Crippen LogP contribution in [0.5, 0.6) is 0 Å². The van der Waals surface area contributed by atoms with Crippen molar-refractivity contribution in [2.45, 2.75) is 45.1 Å². The van der Waals surface area contributed by atoms with Gasteiger partial charge in [0.25, 0.3) is 0 Å². The van der Waals surface area contributed by atoms with E-state index in [0.717, 1.165) is 29.5 Å². The first-order chi connectivity index (χ1) is 9.40. The maximum atomic E-state index is 12.8. The van der Waals surface area contributed by atoms with Crippen molar-refractivity contribution < 1.29 is 8.42 Å². The van der Waals surface area contributed by atoms with Crippen molar-refractivity contribution in [3.05, 3.63) is 28.8 Å². The molecule has 1 aromatic rings. The Labute approximate surface area is 122 Å². The summed E-state index contributed by atoms with van der Waals surface area (Å²) in [6.07, 6.45) is 2.00. The topological polar surface area (TPSA) is 63.4 Å². The fraction of sp³-hybridized carbons (Fsp3) is 0.600. The van der Waals surface area contributed by atoms with Crippen LogP contribution in [0.15, 0.2) is 17.0 Å². The Morgan fingerprint density at radius 1 is 1.30 bits per heavy atom. The van der Waals surface area contributed by atoms with Crippen LogP contribution in [0.25, 0.3) is 0 Å². The Hall–Kier alpha value is -0.910. The van der Waals surface area contributed by atoms with E-state index in [4.69, 9.17) is 5.73 Å². The van der Waals surface area contributed by atoms with Gasteiger partial charge in [0.05, 0.1) is 4.90 Å². The van der Waals surface area contributed by atoms with Gasteiger partial charge in [0.2, 0.25) is 10.0 Å². The zero-order chi connectivity index (χ0) is 14.9. The largest absolute Gasteiger partial charge is 0.326 e. The van der Waals surface area contributed by atoms with Crippen LogP contribution in [0.4, 0.5) is 0 Å². The molecule has 1 aliphatic heterocycles. The first kappa shape index (κ1) is 15.5. The maximum Gasteiger partial charge on any atom is 0.243 e. The van der Waals surface area contributed by atoms with Gasteiger partial charge in [-0.1, -0.05) is 19.4 Å². The molecular weight excluding hydrogens is 272 g/mol. The average Bonchev–Trinajstić information content (AvgIpc) is 2.88. The molecule has 20 heavy (non-hydrogen) atoms. The van der Waals surface area contributed by atoms with Gasteiger partial charge in [-0.25, -0.2) is 8.42 Å². The van der Waals surface area contributed by atoms with Crippen molar-refractivity contribution in [3.8, 4) is 0 Å². The van der Waals surface area contributed by atoms with E-state index in [9.17, 15) is 8.42 Å². The van der Waals surface area contributed by atoms with Crippen LogP contribution < -0.4 is 5.73 Å². The van der Waals surface area contributed by atoms with Gasteiger partial charge >= 0.3 is 0 Å². The Kier molecular flexibility index (Phi) is 4.52. The van der Waals surface area contributed by atoms with Crippen LogP contribution in [0.3, 0.4) is 0 Å². The molecule has 1 aliphatic rings. The minimum atomic E-state index is -3.38. The molecule has 0 saturated carbocycles. The van der Waals surface area contributed by atoms with Gasteiger partial charge in [-0.2, -0.15) is 4.31 Å². The Balaban J connectivity index is 2.40. The number of hydrogen-bond acceptors (Lipinski definition) is 3. The molecular formula is C15H24N2O2S. The van der Waals surface area contributed by atoms with Gasteiger partial charge in [0, 0.05) is 19.6 Å². The molecule has 4 nitrogen and oxygen atoms in total. The highest BCUT2D eigenvalue weighted by atomic mass is 32.2. The minimum absolute atomic E-state index is 0.367. The minimum Gasteiger partial charge on any atom is -0.326 e. The molecule has 0 bridgehead atoms. The SMILES string of the molecule is CCC1CCN(S(=O)(=O)c2cc(CN)c(C)cc2C)C1. The summed E-state index contributed by atoms with van der Waals surface area (Å²) in [5.41, 5.74) is 8.46. The molecule has 1 aromatic carbocycles. The Bertz CT molecular complexity index is 596. The fourth-order valence-corrected chi connectivity index (χ4v) is 4.65. The van der Waals surface area contributed by atoms with Crippen LogP contribution in [0.1, 0.15) is 36.5 Å². The quantitative estimate of drug-likeness (QED) is 0.926. The monoisotopic (exact) mass is 296 g/mol. The van der Waals surface area contributed by atoms with Gasteiger partial charge in [-0.3, -0.25) is 0 Å². The van der Waals surface area contributed by atoms with E-state index in [0.29, 0.717) is 30.4 Å². The Morgan fingerprint density at radius 3 is 2.55 bits per heavy atom. The van der Waals surface area contributed by atoms with Crippen LogP contribution in [0.2, 0.25) is 0 Å². The fourth-order valence-electron chi connectivity index (χ4n) is 2.86. The summed E-state index contributed by atoms with van der Waals surface area (Å²) in [5.74, 6) is 0.490. The van der Waals surface area contributed by atoms with Crippen molar-refractivity contribution in [2.24, 2.45) is 11.7 Å². The molecule has 112 valence electrons. The number of nitrogens with two attached hydrogens (primary N) is 1. The van der Waals surface area contributed by atoms with E-state index in [-0.39, 0.29) is 0 Å². The van der Waals surface area contributed by atoms with Gasteiger partial charge in [0.1, 0.15) is 0 Å². The van der Waals surface area contributed by atoms with E-state index in [2.05, 4.69) is 6.92 Å². The number of aryl methyl sites for hydroxylation is 2. The van der Waals surface area contributed by atoms with Crippen molar-refractivity contribution in [3.63, 3.8) is 0 Å². The summed E-state index contributed by atoms with van der Waals surface area (Å²) >= 11 is 0. The third-order valence-corrected chi connectivity index (χ3v) is 6.30. The molecule has 1 fully saturated rings. The summed E-state index contributed by atoms with van der Waals surface area (Å²) in [5, 5.41) is 0. The lowest BCUT2D eigenvalue weighted by Crippen LogP contribution is -2.29. The van der Waals surface area contributed by atoms with E-state index in [1.165, 1.54) is 0 Å². The smallest absolute Gasteiger partial charge is 0.243 e. The zero-order valence-corrected chi connectivity index (χ0v) is 13.3. The van der Waals surface area contributed by atoms with Crippen molar-refractivity contribution in [1.82, 2.24) is 4.31 Å². The van der Waals surface area contributed by atoms with E-state index < -0.39 is 10.0 Å². The Morgan fingerprint density at radius 2 is 2.00 bits per heavy atom. The van der Waals surface area contributed by atoms with Crippen LogP contribution in [-0.4, -0.2) is 25.8 Å². The van der Waals surface area contributed by atoms with Gasteiger partial charge < -0.3 is 5.73 Å². The molecule has 0 aromatic heterocycles. The summed E-state index contributed by atoms with van der Waals surface area (Å²) in [6, 6.07) is 3.67. The number of sulfonamides is 1. The molecule has 2 N–H and O–H groups in total. The van der Waals surface area contributed by atoms with Crippen LogP contribution in [-0.2, 0) is 16.6 Å². The highest BCUT2D eigenvalue weighted by molar-refractivity contribution is 7.89. The summed E-state index contributed by atoms with van der Waals surface area (Å²) < 4.78 is 27.2. The summed E-state index contributed by atoms with van der Waals surface area (Å²) in [6.45, 7) is 7.58. The lowest BCUT2D eigenvalue weighted by atomic mass is 10.1. The average molecular weight is 296 g/mol. The van der Waals surface area contributed by atoms with E-state index in [1.807, 2.05) is 19.9 Å². The molecule has 5 heteroatoms. The first-order valence-electron chi connectivity index (χ1n) is 7.20. The summed E-state index contributed by atoms with van der Waals surface area (Å²) in [4.78, 5) is 0.417. The lowest BCUT2D eigenvalue weighted by molar-refractivity contribution is 0.452. The third-order valence-electron chi connectivity index (χ3n) is 4.30. The standard InChI is InChI=1S/C15H24N2O2S/c1-4-13-5-6-17(10-13)20(18,19)15-8-14(9-16)11(2)7-12(15)3/h7-8,13H,4-6,9-10,16H2,1-3H3. The van der Waals surface area contributed by atoms with Crippen molar-refractivity contribution >= 4 is 10.0 Å².